The molecule has 1 N–H and O–H groups in total. The highest BCUT2D eigenvalue weighted by molar-refractivity contribution is 5.80. The number of benzene rings is 2. The van der Waals surface area contributed by atoms with Crippen molar-refractivity contribution < 1.29 is 5.11 Å². The van der Waals surface area contributed by atoms with E-state index in [9.17, 15) is 5.11 Å². The SMILES string of the molecule is CC(=Cc1ccccc1)c1ccc2c(c1)C(C)(C)CC(C)(O)C2(C)C. The third-order valence-corrected chi connectivity index (χ3v) is 6.19. The molecule has 2 aromatic carbocycles. The van der Waals surface area contributed by atoms with Crippen LogP contribution < -0.4 is 0 Å². The molecule has 1 atom stereocenters. The summed E-state index contributed by atoms with van der Waals surface area (Å²) in [6.45, 7) is 13.0. The highest BCUT2D eigenvalue weighted by Gasteiger charge is 2.50. The van der Waals surface area contributed by atoms with E-state index >= 15 is 0 Å². The molecule has 0 aromatic heterocycles. The third kappa shape index (κ3) is 3.06. The molecule has 0 saturated carbocycles. The summed E-state index contributed by atoms with van der Waals surface area (Å²) in [6.07, 6.45) is 3.00. The van der Waals surface area contributed by atoms with Gasteiger partial charge < -0.3 is 5.11 Å². The van der Waals surface area contributed by atoms with Crippen molar-refractivity contribution in [2.24, 2.45) is 0 Å². The fourth-order valence-corrected chi connectivity index (χ4v) is 4.24. The molecule has 0 heterocycles. The minimum absolute atomic E-state index is 0.0443. The second kappa shape index (κ2) is 5.85. The van der Waals surface area contributed by atoms with Crippen LogP contribution in [0.25, 0.3) is 11.6 Å². The summed E-state index contributed by atoms with van der Waals surface area (Å²) in [5, 5.41) is 11.0. The maximum absolute atomic E-state index is 11.0. The second-order valence-corrected chi connectivity index (χ2v) is 8.96. The van der Waals surface area contributed by atoms with Crippen LogP contribution in [0.3, 0.4) is 0 Å². The first-order chi connectivity index (χ1) is 11.5. The molecule has 1 aliphatic carbocycles. The predicted molar refractivity (Wildman–Crippen MR) is 108 cm³/mol. The molecule has 0 saturated heterocycles. The van der Waals surface area contributed by atoms with E-state index in [2.05, 4.69) is 83.2 Å². The van der Waals surface area contributed by atoms with Gasteiger partial charge in [-0.3, -0.25) is 0 Å². The molecule has 132 valence electrons. The highest BCUT2D eigenvalue weighted by Crippen LogP contribution is 2.51. The van der Waals surface area contributed by atoms with Crippen LogP contribution in [0.5, 0.6) is 0 Å². The first-order valence-electron chi connectivity index (χ1n) is 9.16. The standard InChI is InChI=1S/C24H30O/c1-17(14-18-10-8-7-9-11-18)19-12-13-20-21(15-19)22(2,3)16-24(6,25)23(20,4)5/h7-15,25H,16H2,1-6H3. The Morgan fingerprint density at radius 1 is 0.920 bits per heavy atom. The third-order valence-electron chi connectivity index (χ3n) is 6.19. The van der Waals surface area contributed by atoms with Crippen molar-refractivity contribution in [1.29, 1.82) is 0 Å². The summed E-state index contributed by atoms with van der Waals surface area (Å²) in [6, 6.07) is 17.2. The van der Waals surface area contributed by atoms with E-state index in [1.165, 1.54) is 27.8 Å². The number of fused-ring (bicyclic) bond motifs is 1. The van der Waals surface area contributed by atoms with Gasteiger partial charge in [0.15, 0.2) is 0 Å². The second-order valence-electron chi connectivity index (χ2n) is 8.96. The van der Waals surface area contributed by atoms with E-state index < -0.39 is 5.60 Å². The van der Waals surface area contributed by atoms with Crippen LogP contribution in [0.4, 0.5) is 0 Å². The minimum atomic E-state index is -0.708. The first-order valence-corrected chi connectivity index (χ1v) is 9.16. The topological polar surface area (TPSA) is 20.2 Å². The van der Waals surface area contributed by atoms with E-state index in [1.54, 1.807) is 0 Å². The van der Waals surface area contributed by atoms with Crippen LogP contribution in [0.1, 0.15) is 70.2 Å². The Morgan fingerprint density at radius 2 is 1.56 bits per heavy atom. The fraction of sp³-hybridized carbons (Fsp3) is 0.417. The van der Waals surface area contributed by atoms with E-state index in [-0.39, 0.29) is 10.8 Å². The van der Waals surface area contributed by atoms with Crippen LogP contribution >= 0.6 is 0 Å². The summed E-state index contributed by atoms with van der Waals surface area (Å²) >= 11 is 0. The van der Waals surface area contributed by atoms with Crippen molar-refractivity contribution >= 4 is 11.6 Å². The van der Waals surface area contributed by atoms with Crippen molar-refractivity contribution in [2.75, 3.05) is 0 Å². The van der Waals surface area contributed by atoms with Gasteiger partial charge in [-0.1, -0.05) is 82.3 Å². The van der Waals surface area contributed by atoms with Crippen LogP contribution in [0.15, 0.2) is 48.5 Å². The van der Waals surface area contributed by atoms with E-state index in [1.807, 2.05) is 13.0 Å². The van der Waals surface area contributed by atoms with Crippen LogP contribution in [-0.4, -0.2) is 10.7 Å². The summed E-state index contributed by atoms with van der Waals surface area (Å²) in [4.78, 5) is 0. The molecule has 25 heavy (non-hydrogen) atoms. The van der Waals surface area contributed by atoms with Gasteiger partial charge in [-0.25, -0.2) is 0 Å². The van der Waals surface area contributed by atoms with Crippen LogP contribution in [-0.2, 0) is 10.8 Å². The number of aliphatic hydroxyl groups is 1. The van der Waals surface area contributed by atoms with Crippen molar-refractivity contribution in [3.05, 3.63) is 70.8 Å². The van der Waals surface area contributed by atoms with Gasteiger partial charge in [0, 0.05) is 5.41 Å². The zero-order valence-electron chi connectivity index (χ0n) is 16.4. The van der Waals surface area contributed by atoms with Gasteiger partial charge in [0.1, 0.15) is 0 Å². The smallest absolute Gasteiger partial charge is 0.0719 e. The monoisotopic (exact) mass is 334 g/mol. The highest BCUT2D eigenvalue weighted by atomic mass is 16.3. The maximum atomic E-state index is 11.0. The van der Waals surface area contributed by atoms with Crippen molar-refractivity contribution in [1.82, 2.24) is 0 Å². The normalized spacial score (nSPS) is 24.7. The number of allylic oxidation sites excluding steroid dienone is 1. The molecular weight excluding hydrogens is 304 g/mol. The van der Waals surface area contributed by atoms with Crippen LogP contribution in [0.2, 0.25) is 0 Å². The van der Waals surface area contributed by atoms with Crippen LogP contribution in [0, 0.1) is 0 Å². The summed E-state index contributed by atoms with van der Waals surface area (Å²) in [5.41, 5.74) is 5.37. The molecule has 1 unspecified atom stereocenters. The largest absolute Gasteiger partial charge is 0.389 e. The Bertz CT molecular complexity index is 807. The Hall–Kier alpha value is -1.86. The number of hydrogen-bond acceptors (Lipinski definition) is 1. The maximum Gasteiger partial charge on any atom is 0.0719 e. The molecule has 0 bridgehead atoms. The lowest BCUT2D eigenvalue weighted by molar-refractivity contribution is -0.0421. The lowest BCUT2D eigenvalue weighted by Crippen LogP contribution is -2.53. The quantitative estimate of drug-likeness (QED) is 0.672. The molecule has 0 amide bonds. The van der Waals surface area contributed by atoms with Crippen molar-refractivity contribution in [3.8, 4) is 0 Å². The molecule has 0 spiro atoms. The molecule has 2 aromatic rings. The van der Waals surface area contributed by atoms with Gasteiger partial charge in [0.05, 0.1) is 5.60 Å². The number of hydrogen-bond donors (Lipinski definition) is 1. The minimum Gasteiger partial charge on any atom is -0.389 e. The lowest BCUT2D eigenvalue weighted by Gasteiger charge is -2.51. The molecular formula is C24H30O. The van der Waals surface area contributed by atoms with Gasteiger partial charge >= 0.3 is 0 Å². The summed E-state index contributed by atoms with van der Waals surface area (Å²) in [7, 11) is 0. The Kier molecular flexibility index (Phi) is 4.20. The Labute approximate surface area is 152 Å². The summed E-state index contributed by atoms with van der Waals surface area (Å²) in [5.74, 6) is 0. The van der Waals surface area contributed by atoms with E-state index in [4.69, 9.17) is 0 Å². The Morgan fingerprint density at radius 3 is 2.20 bits per heavy atom. The molecule has 3 rings (SSSR count). The first kappa shape index (κ1) is 17.9. The molecule has 1 heteroatoms. The molecule has 0 fully saturated rings. The van der Waals surface area contributed by atoms with Gasteiger partial charge in [0.25, 0.3) is 0 Å². The average Bonchev–Trinajstić information content (AvgIpc) is 2.53. The Balaban J connectivity index is 2.10. The van der Waals surface area contributed by atoms with Crippen molar-refractivity contribution in [3.63, 3.8) is 0 Å². The lowest BCUT2D eigenvalue weighted by atomic mass is 9.56. The van der Waals surface area contributed by atoms with Gasteiger partial charge in [0.2, 0.25) is 0 Å². The molecule has 0 aliphatic heterocycles. The van der Waals surface area contributed by atoms with E-state index in [0.717, 1.165) is 6.42 Å². The molecule has 1 aliphatic rings. The van der Waals surface area contributed by atoms with Gasteiger partial charge in [-0.15, -0.1) is 0 Å². The van der Waals surface area contributed by atoms with Gasteiger partial charge in [-0.2, -0.15) is 0 Å². The van der Waals surface area contributed by atoms with Crippen molar-refractivity contribution in [2.45, 2.75) is 64.4 Å². The number of rotatable bonds is 2. The molecule has 0 radical (unpaired) electrons. The van der Waals surface area contributed by atoms with E-state index in [0.29, 0.717) is 0 Å². The average molecular weight is 335 g/mol. The molecule has 1 nitrogen and oxygen atoms in total. The zero-order chi connectivity index (χ0) is 18.5. The predicted octanol–water partition coefficient (Wildman–Crippen LogP) is 5.96. The van der Waals surface area contributed by atoms with Gasteiger partial charge in [-0.05, 0) is 53.5 Å². The summed E-state index contributed by atoms with van der Waals surface area (Å²) < 4.78 is 0. The fourth-order valence-electron chi connectivity index (χ4n) is 4.24. The zero-order valence-corrected chi connectivity index (χ0v) is 16.4.